The summed E-state index contributed by atoms with van der Waals surface area (Å²) in [6, 6.07) is -0.147. The van der Waals surface area contributed by atoms with Gasteiger partial charge in [-0.3, -0.25) is 9.69 Å². The lowest BCUT2D eigenvalue weighted by Crippen LogP contribution is -2.53. The number of ether oxygens (including phenoxy) is 1. The lowest BCUT2D eigenvalue weighted by atomic mass is 9.94. The van der Waals surface area contributed by atoms with Crippen molar-refractivity contribution in [2.75, 3.05) is 26.2 Å². The Kier molecular flexibility index (Phi) is 7.36. The molecule has 7 heteroatoms. The van der Waals surface area contributed by atoms with Gasteiger partial charge in [0, 0.05) is 13.5 Å². The summed E-state index contributed by atoms with van der Waals surface area (Å²) >= 11 is 0. The van der Waals surface area contributed by atoms with Gasteiger partial charge in [0.25, 0.3) is 0 Å². The summed E-state index contributed by atoms with van der Waals surface area (Å²) in [5.74, 6) is 0.606. The third-order valence-corrected chi connectivity index (χ3v) is 4.43. The van der Waals surface area contributed by atoms with Gasteiger partial charge in [0.2, 0.25) is 5.91 Å². The number of nitrogens with zero attached hydrogens (tertiary/aromatic N) is 1. The molecule has 0 spiro atoms. The van der Waals surface area contributed by atoms with E-state index in [0.29, 0.717) is 12.5 Å². The Morgan fingerprint density at radius 1 is 1.33 bits per heavy atom. The first-order valence-corrected chi connectivity index (χ1v) is 7.45. The molecule has 2 fully saturated rings. The van der Waals surface area contributed by atoms with Crippen molar-refractivity contribution in [3.8, 4) is 0 Å². The molecule has 0 saturated carbocycles. The molecule has 2 saturated heterocycles. The van der Waals surface area contributed by atoms with Crippen molar-refractivity contribution in [1.82, 2.24) is 10.2 Å². The molecular weight excluding hydrogens is 296 g/mol. The van der Waals surface area contributed by atoms with Crippen LogP contribution in [-0.2, 0) is 9.53 Å². The van der Waals surface area contributed by atoms with Crippen LogP contribution in [-0.4, -0.2) is 71.6 Å². The molecule has 2 heterocycles. The van der Waals surface area contributed by atoms with E-state index in [9.17, 15) is 15.0 Å². The van der Waals surface area contributed by atoms with Gasteiger partial charge in [-0.25, -0.2) is 0 Å². The van der Waals surface area contributed by atoms with Gasteiger partial charge in [0.1, 0.15) is 12.2 Å². The molecule has 0 unspecified atom stereocenters. The quantitative estimate of drug-likeness (QED) is 0.666. The SMILES string of the molecule is CC(=O)NC[C@H]1O[C@@H](CO)[C@@H](O)[C@H]1N1CCC(C)CC1.Cl. The summed E-state index contributed by atoms with van der Waals surface area (Å²) in [5.41, 5.74) is 0. The molecule has 6 nitrogen and oxygen atoms in total. The van der Waals surface area contributed by atoms with Gasteiger partial charge in [-0.1, -0.05) is 6.92 Å². The smallest absolute Gasteiger partial charge is 0.216 e. The first-order chi connectivity index (χ1) is 9.52. The minimum Gasteiger partial charge on any atom is -0.394 e. The van der Waals surface area contributed by atoms with E-state index in [1.165, 1.54) is 6.92 Å². The summed E-state index contributed by atoms with van der Waals surface area (Å²) in [5, 5.41) is 22.4. The van der Waals surface area contributed by atoms with Crippen LogP contribution >= 0.6 is 12.4 Å². The van der Waals surface area contributed by atoms with E-state index < -0.39 is 12.2 Å². The van der Waals surface area contributed by atoms with Gasteiger partial charge in [0.15, 0.2) is 0 Å². The predicted octanol–water partition coefficient (Wildman–Crippen LogP) is -0.235. The van der Waals surface area contributed by atoms with Crippen molar-refractivity contribution in [1.29, 1.82) is 0 Å². The molecule has 0 bridgehead atoms. The molecule has 0 aliphatic carbocycles. The highest BCUT2D eigenvalue weighted by Crippen LogP contribution is 2.29. The molecule has 0 aromatic rings. The Labute approximate surface area is 132 Å². The number of nitrogens with one attached hydrogen (secondary N) is 1. The number of likely N-dealkylation sites (tertiary alicyclic amines) is 1. The molecule has 0 aromatic carbocycles. The molecule has 0 radical (unpaired) electrons. The second-order valence-electron chi connectivity index (χ2n) is 6.03. The summed E-state index contributed by atoms with van der Waals surface area (Å²) in [7, 11) is 0. The molecule has 1 amide bonds. The molecule has 21 heavy (non-hydrogen) atoms. The van der Waals surface area contributed by atoms with Crippen molar-refractivity contribution >= 4 is 18.3 Å². The Hall–Kier alpha value is -0.400. The van der Waals surface area contributed by atoms with E-state index in [2.05, 4.69) is 17.1 Å². The minimum atomic E-state index is -0.702. The number of hydrogen-bond acceptors (Lipinski definition) is 5. The predicted molar refractivity (Wildman–Crippen MR) is 81.4 cm³/mol. The monoisotopic (exact) mass is 322 g/mol. The van der Waals surface area contributed by atoms with Gasteiger partial charge in [-0.05, 0) is 31.8 Å². The number of hydrogen-bond donors (Lipinski definition) is 3. The standard InChI is InChI=1S/C14H26N2O4.ClH/c1-9-3-5-16(6-4-9)13-11(7-15-10(2)18)20-12(8-17)14(13)19;/h9,11-14,17,19H,3-8H2,1-2H3,(H,15,18);1H/t11-,12+,13+,14-;/m1./s1. The Bertz CT molecular complexity index is 337. The zero-order chi connectivity index (χ0) is 14.7. The van der Waals surface area contributed by atoms with Gasteiger partial charge < -0.3 is 20.3 Å². The lowest BCUT2D eigenvalue weighted by Gasteiger charge is -2.38. The van der Waals surface area contributed by atoms with Gasteiger partial charge in [-0.2, -0.15) is 0 Å². The van der Waals surface area contributed by atoms with E-state index >= 15 is 0 Å². The Balaban J connectivity index is 0.00000220. The van der Waals surface area contributed by atoms with Gasteiger partial charge in [0.05, 0.1) is 18.8 Å². The maximum Gasteiger partial charge on any atom is 0.216 e. The summed E-state index contributed by atoms with van der Waals surface area (Å²) in [6.07, 6.45) is 0.699. The fourth-order valence-electron chi connectivity index (χ4n) is 3.17. The highest BCUT2D eigenvalue weighted by Gasteiger charge is 2.46. The third kappa shape index (κ3) is 4.53. The van der Waals surface area contributed by atoms with E-state index in [4.69, 9.17) is 4.74 Å². The molecule has 124 valence electrons. The van der Waals surface area contributed by atoms with E-state index in [1.807, 2.05) is 0 Å². The summed E-state index contributed by atoms with van der Waals surface area (Å²) < 4.78 is 5.71. The van der Waals surface area contributed by atoms with Gasteiger partial charge in [-0.15, -0.1) is 12.4 Å². The first-order valence-electron chi connectivity index (χ1n) is 7.45. The van der Waals surface area contributed by atoms with Crippen LogP contribution in [0.25, 0.3) is 0 Å². The van der Waals surface area contributed by atoms with Crippen LogP contribution in [0, 0.1) is 5.92 Å². The molecular formula is C14H27ClN2O4. The molecule has 2 aliphatic rings. The minimum absolute atomic E-state index is 0. The van der Waals surface area contributed by atoms with Crippen molar-refractivity contribution in [3.05, 3.63) is 0 Å². The Morgan fingerprint density at radius 3 is 2.48 bits per heavy atom. The number of rotatable bonds is 4. The normalized spacial score (nSPS) is 34.5. The van der Waals surface area contributed by atoms with E-state index in [-0.39, 0.29) is 37.1 Å². The van der Waals surface area contributed by atoms with Gasteiger partial charge >= 0.3 is 0 Å². The Morgan fingerprint density at radius 2 is 1.95 bits per heavy atom. The van der Waals surface area contributed by atoms with Crippen molar-refractivity contribution in [2.24, 2.45) is 5.92 Å². The molecule has 4 atom stereocenters. The van der Waals surface area contributed by atoms with Crippen LogP contribution in [0.3, 0.4) is 0 Å². The van der Waals surface area contributed by atoms with Crippen LogP contribution in [0.15, 0.2) is 0 Å². The third-order valence-electron chi connectivity index (χ3n) is 4.43. The first kappa shape index (κ1) is 18.6. The number of aliphatic hydroxyl groups is 2. The maximum atomic E-state index is 11.1. The van der Waals surface area contributed by atoms with Crippen molar-refractivity contribution in [3.63, 3.8) is 0 Å². The highest BCUT2D eigenvalue weighted by molar-refractivity contribution is 5.85. The zero-order valence-electron chi connectivity index (χ0n) is 12.7. The topological polar surface area (TPSA) is 82.0 Å². The fraction of sp³-hybridized carbons (Fsp3) is 0.929. The van der Waals surface area contributed by atoms with Crippen molar-refractivity contribution in [2.45, 2.75) is 51.0 Å². The molecule has 3 N–H and O–H groups in total. The number of carbonyl (C=O) groups is 1. The number of amides is 1. The average molecular weight is 323 g/mol. The van der Waals surface area contributed by atoms with Crippen LogP contribution in [0.5, 0.6) is 0 Å². The molecule has 0 aromatic heterocycles. The highest BCUT2D eigenvalue weighted by atomic mass is 35.5. The molecule has 2 rings (SSSR count). The van der Waals surface area contributed by atoms with E-state index in [1.54, 1.807) is 0 Å². The second-order valence-corrected chi connectivity index (χ2v) is 6.03. The molecule has 2 aliphatic heterocycles. The number of piperidine rings is 1. The zero-order valence-corrected chi connectivity index (χ0v) is 13.5. The number of aliphatic hydroxyl groups excluding tert-OH is 2. The second kappa shape index (κ2) is 8.29. The van der Waals surface area contributed by atoms with Crippen LogP contribution in [0.2, 0.25) is 0 Å². The fourth-order valence-corrected chi connectivity index (χ4v) is 3.17. The maximum absolute atomic E-state index is 11.1. The van der Waals surface area contributed by atoms with E-state index in [0.717, 1.165) is 25.9 Å². The lowest BCUT2D eigenvalue weighted by molar-refractivity contribution is -0.119. The van der Waals surface area contributed by atoms with Crippen LogP contribution in [0.1, 0.15) is 26.7 Å². The van der Waals surface area contributed by atoms with Crippen molar-refractivity contribution < 1.29 is 19.7 Å². The summed E-state index contributed by atoms with van der Waals surface area (Å²) in [4.78, 5) is 13.3. The summed E-state index contributed by atoms with van der Waals surface area (Å²) in [6.45, 7) is 5.75. The average Bonchev–Trinajstić information content (AvgIpc) is 2.74. The van der Waals surface area contributed by atoms with Crippen LogP contribution in [0.4, 0.5) is 0 Å². The number of halogens is 1. The number of carbonyl (C=O) groups excluding carboxylic acids is 1. The van der Waals surface area contributed by atoms with Crippen LogP contribution < -0.4 is 5.32 Å². The largest absolute Gasteiger partial charge is 0.394 e.